The zero-order valence-corrected chi connectivity index (χ0v) is 11.3. The highest BCUT2D eigenvalue weighted by Gasteiger charge is 2.00. The Balaban J connectivity index is 2.01. The summed E-state index contributed by atoms with van der Waals surface area (Å²) in [6.45, 7) is 1.92. The molecule has 0 spiro atoms. The van der Waals surface area contributed by atoms with Crippen LogP contribution in [-0.2, 0) is 4.79 Å². The second-order valence-corrected chi connectivity index (χ2v) is 4.60. The average molecular weight is 272 g/mol. The molecule has 0 saturated heterocycles. The quantitative estimate of drug-likeness (QED) is 0.829. The molecule has 2 rings (SSSR count). The fourth-order valence-electron chi connectivity index (χ4n) is 1.59. The van der Waals surface area contributed by atoms with Gasteiger partial charge in [-0.2, -0.15) is 0 Å². The van der Waals surface area contributed by atoms with E-state index in [0.29, 0.717) is 10.7 Å². The Labute approximate surface area is 117 Å². The normalized spacial score (nSPS) is 10.6. The predicted octanol–water partition coefficient (Wildman–Crippen LogP) is 4.30. The van der Waals surface area contributed by atoms with Crippen LogP contribution in [-0.4, -0.2) is 5.91 Å². The molecule has 0 radical (unpaired) electrons. The predicted molar refractivity (Wildman–Crippen MR) is 80.3 cm³/mol. The van der Waals surface area contributed by atoms with Crippen LogP contribution < -0.4 is 5.32 Å². The number of nitrogens with one attached hydrogen (secondary N) is 1. The Bertz CT molecular complexity index is 605. The van der Waals surface area contributed by atoms with Crippen LogP contribution in [0.2, 0.25) is 5.02 Å². The molecule has 0 atom stereocenters. The van der Waals surface area contributed by atoms with Gasteiger partial charge in [-0.1, -0.05) is 48.0 Å². The maximum atomic E-state index is 11.7. The smallest absolute Gasteiger partial charge is 0.248 e. The zero-order valence-electron chi connectivity index (χ0n) is 10.6. The largest absolute Gasteiger partial charge is 0.322 e. The summed E-state index contributed by atoms with van der Waals surface area (Å²) in [5, 5.41) is 3.41. The van der Waals surface area contributed by atoms with Crippen LogP contribution in [0.25, 0.3) is 6.08 Å². The molecule has 96 valence electrons. The third kappa shape index (κ3) is 3.97. The van der Waals surface area contributed by atoms with Crippen molar-refractivity contribution in [2.75, 3.05) is 5.32 Å². The van der Waals surface area contributed by atoms with Crippen molar-refractivity contribution in [3.63, 3.8) is 0 Å². The van der Waals surface area contributed by atoms with Crippen molar-refractivity contribution in [3.8, 4) is 0 Å². The number of hydrogen-bond donors (Lipinski definition) is 1. The fraction of sp³-hybridized carbons (Fsp3) is 0.0625. The standard InChI is InChI=1S/C16H14ClNO/c1-12-7-9-14(11-15(12)17)18-16(19)10-8-13-5-3-2-4-6-13/h2-11H,1H3,(H,18,19)/b10-8-. The minimum Gasteiger partial charge on any atom is -0.322 e. The lowest BCUT2D eigenvalue weighted by Crippen LogP contribution is -2.07. The second kappa shape index (κ2) is 6.21. The van der Waals surface area contributed by atoms with Gasteiger partial charge in [-0.15, -0.1) is 0 Å². The van der Waals surface area contributed by atoms with Gasteiger partial charge >= 0.3 is 0 Å². The highest BCUT2D eigenvalue weighted by molar-refractivity contribution is 6.31. The molecule has 3 heteroatoms. The maximum absolute atomic E-state index is 11.7. The van der Waals surface area contributed by atoms with Gasteiger partial charge in [-0.25, -0.2) is 0 Å². The number of anilines is 1. The van der Waals surface area contributed by atoms with Crippen molar-refractivity contribution < 1.29 is 4.79 Å². The van der Waals surface area contributed by atoms with Crippen molar-refractivity contribution in [2.45, 2.75) is 6.92 Å². The van der Waals surface area contributed by atoms with E-state index in [0.717, 1.165) is 11.1 Å². The van der Waals surface area contributed by atoms with Crippen molar-refractivity contribution in [1.29, 1.82) is 0 Å². The molecule has 0 fully saturated rings. The number of carbonyl (C=O) groups is 1. The first kappa shape index (κ1) is 13.4. The number of carbonyl (C=O) groups excluding carboxylic acids is 1. The summed E-state index contributed by atoms with van der Waals surface area (Å²) >= 11 is 6.00. The minimum absolute atomic E-state index is 0.177. The molecule has 2 nitrogen and oxygen atoms in total. The van der Waals surface area contributed by atoms with Gasteiger partial charge in [-0.05, 0) is 36.3 Å². The second-order valence-electron chi connectivity index (χ2n) is 4.20. The number of halogens is 1. The molecular weight excluding hydrogens is 258 g/mol. The molecule has 1 N–H and O–H groups in total. The summed E-state index contributed by atoms with van der Waals surface area (Å²) < 4.78 is 0. The molecule has 2 aromatic rings. The van der Waals surface area contributed by atoms with E-state index in [2.05, 4.69) is 5.32 Å². The van der Waals surface area contributed by atoms with Gasteiger partial charge in [0.1, 0.15) is 0 Å². The number of amides is 1. The monoisotopic (exact) mass is 271 g/mol. The van der Waals surface area contributed by atoms with E-state index >= 15 is 0 Å². The molecule has 0 aliphatic carbocycles. The summed E-state index contributed by atoms with van der Waals surface area (Å²) in [6, 6.07) is 15.1. The number of rotatable bonds is 3. The van der Waals surface area contributed by atoms with Crippen molar-refractivity contribution in [3.05, 3.63) is 70.8 Å². The molecule has 1 amide bonds. The van der Waals surface area contributed by atoms with Gasteiger partial charge in [0.2, 0.25) is 5.91 Å². The Morgan fingerprint density at radius 3 is 2.58 bits per heavy atom. The van der Waals surface area contributed by atoms with Crippen molar-refractivity contribution >= 4 is 29.3 Å². The molecule has 0 saturated carbocycles. The van der Waals surface area contributed by atoms with Crippen molar-refractivity contribution in [2.24, 2.45) is 0 Å². The Kier molecular flexibility index (Phi) is 4.37. The Morgan fingerprint density at radius 2 is 1.89 bits per heavy atom. The molecular formula is C16H14ClNO. The summed E-state index contributed by atoms with van der Waals surface area (Å²) in [5.74, 6) is -0.177. The van der Waals surface area contributed by atoms with E-state index in [4.69, 9.17) is 11.6 Å². The molecule has 0 aliphatic heterocycles. The average Bonchev–Trinajstić information content (AvgIpc) is 2.42. The van der Waals surface area contributed by atoms with Crippen molar-refractivity contribution in [1.82, 2.24) is 0 Å². The van der Waals surface area contributed by atoms with E-state index in [1.54, 1.807) is 12.1 Å². The lowest BCUT2D eigenvalue weighted by atomic mass is 10.2. The van der Waals surface area contributed by atoms with Crippen LogP contribution in [0.1, 0.15) is 11.1 Å². The van der Waals surface area contributed by atoms with Crippen LogP contribution in [0.5, 0.6) is 0 Å². The van der Waals surface area contributed by atoms with E-state index in [-0.39, 0.29) is 5.91 Å². The molecule has 0 bridgehead atoms. The zero-order chi connectivity index (χ0) is 13.7. The van der Waals surface area contributed by atoms with Gasteiger partial charge in [0, 0.05) is 16.8 Å². The van der Waals surface area contributed by atoms with Crippen LogP contribution in [0.3, 0.4) is 0 Å². The summed E-state index contributed by atoms with van der Waals surface area (Å²) in [4.78, 5) is 11.7. The first-order valence-electron chi connectivity index (χ1n) is 5.95. The van der Waals surface area contributed by atoms with Gasteiger partial charge in [0.25, 0.3) is 0 Å². The van der Waals surface area contributed by atoms with Crippen LogP contribution in [0.15, 0.2) is 54.6 Å². The summed E-state index contributed by atoms with van der Waals surface area (Å²) in [5.41, 5.74) is 2.66. The first-order chi connectivity index (χ1) is 9.15. The number of hydrogen-bond acceptors (Lipinski definition) is 1. The van der Waals surface area contributed by atoms with Gasteiger partial charge in [0.05, 0.1) is 0 Å². The van der Waals surface area contributed by atoms with Crippen LogP contribution in [0.4, 0.5) is 5.69 Å². The number of aryl methyl sites for hydroxylation is 1. The first-order valence-corrected chi connectivity index (χ1v) is 6.33. The molecule has 0 heterocycles. The van der Waals surface area contributed by atoms with Gasteiger partial charge in [0.15, 0.2) is 0 Å². The fourth-order valence-corrected chi connectivity index (χ4v) is 1.77. The highest BCUT2D eigenvalue weighted by atomic mass is 35.5. The van der Waals surface area contributed by atoms with E-state index in [9.17, 15) is 4.79 Å². The van der Waals surface area contributed by atoms with Crippen LogP contribution >= 0.6 is 11.6 Å². The minimum atomic E-state index is -0.177. The van der Waals surface area contributed by atoms with E-state index in [1.165, 1.54) is 6.08 Å². The van der Waals surface area contributed by atoms with Gasteiger partial charge < -0.3 is 5.32 Å². The summed E-state index contributed by atoms with van der Waals surface area (Å²) in [6.07, 6.45) is 3.27. The van der Waals surface area contributed by atoms with E-state index in [1.807, 2.05) is 49.4 Å². The molecule has 0 aromatic heterocycles. The molecule has 0 unspecified atom stereocenters. The lowest BCUT2D eigenvalue weighted by molar-refractivity contribution is -0.111. The highest BCUT2D eigenvalue weighted by Crippen LogP contribution is 2.19. The topological polar surface area (TPSA) is 29.1 Å². The molecule has 19 heavy (non-hydrogen) atoms. The molecule has 2 aromatic carbocycles. The van der Waals surface area contributed by atoms with E-state index < -0.39 is 0 Å². The third-order valence-electron chi connectivity index (χ3n) is 2.67. The maximum Gasteiger partial charge on any atom is 0.248 e. The Hall–Kier alpha value is -2.06. The lowest BCUT2D eigenvalue weighted by Gasteiger charge is -2.04. The van der Waals surface area contributed by atoms with Crippen LogP contribution in [0, 0.1) is 6.92 Å². The molecule has 0 aliphatic rings. The van der Waals surface area contributed by atoms with Gasteiger partial charge in [-0.3, -0.25) is 4.79 Å². The number of benzene rings is 2. The third-order valence-corrected chi connectivity index (χ3v) is 3.07. The Morgan fingerprint density at radius 1 is 1.16 bits per heavy atom. The summed E-state index contributed by atoms with van der Waals surface area (Å²) in [7, 11) is 0. The SMILES string of the molecule is Cc1ccc(NC(=O)/C=C\c2ccccc2)cc1Cl.